The van der Waals surface area contributed by atoms with Crippen LogP contribution < -0.4 is 16.5 Å². The van der Waals surface area contributed by atoms with Gasteiger partial charge in [-0.2, -0.15) is 5.10 Å². The van der Waals surface area contributed by atoms with E-state index in [9.17, 15) is 14.9 Å². The topological polar surface area (TPSA) is 175 Å². The number of hydrogen-bond acceptors (Lipinski definition) is 9. The van der Waals surface area contributed by atoms with Gasteiger partial charge in [-0.1, -0.05) is 0 Å². The van der Waals surface area contributed by atoms with Crippen molar-refractivity contribution in [1.29, 1.82) is 0 Å². The summed E-state index contributed by atoms with van der Waals surface area (Å²) in [7, 11) is 0. The Labute approximate surface area is 109 Å². The summed E-state index contributed by atoms with van der Waals surface area (Å²) < 4.78 is 9.03. The molecule has 0 atom stereocenters. The second kappa shape index (κ2) is 5.47. The molecule has 104 valence electrons. The van der Waals surface area contributed by atoms with Crippen molar-refractivity contribution < 1.29 is 18.8 Å². The highest BCUT2D eigenvalue weighted by molar-refractivity contribution is 5.91. The van der Waals surface area contributed by atoms with Crippen molar-refractivity contribution in [3.63, 3.8) is 0 Å². The number of hydrogen-bond donors (Lipinski definition) is 3. The molecule has 2 heterocycles. The zero-order valence-corrected chi connectivity index (χ0v) is 9.64. The zero-order chi connectivity index (χ0) is 14.5. The van der Waals surface area contributed by atoms with Gasteiger partial charge in [-0.05, 0) is 16.4 Å². The van der Waals surface area contributed by atoms with Gasteiger partial charge < -0.3 is 10.2 Å². The molecule has 4 N–H and O–H groups in total. The number of urea groups is 1. The lowest BCUT2D eigenvalue weighted by atomic mass is 10.5. The van der Waals surface area contributed by atoms with Gasteiger partial charge in [0.2, 0.25) is 11.6 Å². The van der Waals surface area contributed by atoms with Crippen LogP contribution in [-0.4, -0.2) is 27.5 Å². The van der Waals surface area contributed by atoms with Gasteiger partial charge in [0.25, 0.3) is 0 Å². The maximum atomic E-state index is 11.3. The van der Waals surface area contributed by atoms with Crippen molar-refractivity contribution in [3.8, 4) is 0 Å². The van der Waals surface area contributed by atoms with Crippen LogP contribution in [0.5, 0.6) is 0 Å². The van der Waals surface area contributed by atoms with E-state index in [0.717, 1.165) is 12.3 Å². The fourth-order valence-electron chi connectivity index (χ4n) is 1.08. The number of aromatic nitrogens is 2. The first-order valence-corrected chi connectivity index (χ1v) is 4.98. The van der Waals surface area contributed by atoms with Gasteiger partial charge in [0.15, 0.2) is 5.76 Å². The van der Waals surface area contributed by atoms with Crippen LogP contribution in [0.3, 0.4) is 0 Å². The van der Waals surface area contributed by atoms with Crippen molar-refractivity contribution in [1.82, 2.24) is 15.7 Å². The number of rotatable bonds is 4. The Morgan fingerprint density at radius 3 is 2.90 bits per heavy atom. The van der Waals surface area contributed by atoms with E-state index in [1.54, 1.807) is 0 Å². The lowest BCUT2D eigenvalue weighted by Crippen LogP contribution is -2.24. The number of amides is 2. The number of nitro groups is 1. The Hall–Kier alpha value is -3.44. The fraction of sp³-hybridized carbons (Fsp3) is 0. The summed E-state index contributed by atoms with van der Waals surface area (Å²) in [6.07, 6.45) is 1.08. The Morgan fingerprint density at radius 1 is 1.50 bits per heavy atom. The average Bonchev–Trinajstić information content (AvgIpc) is 3.00. The van der Waals surface area contributed by atoms with Crippen molar-refractivity contribution in [2.45, 2.75) is 0 Å². The third-order valence-corrected chi connectivity index (χ3v) is 1.90. The van der Waals surface area contributed by atoms with Gasteiger partial charge >= 0.3 is 11.9 Å². The molecule has 2 amide bonds. The Bertz CT molecular complexity index is 660. The summed E-state index contributed by atoms with van der Waals surface area (Å²) in [5.74, 6) is -0.492. The number of carbonyl (C=O) groups is 1. The van der Waals surface area contributed by atoms with E-state index < -0.39 is 16.8 Å². The maximum Gasteiger partial charge on any atom is 0.433 e. The van der Waals surface area contributed by atoms with Crippen LogP contribution in [0.25, 0.3) is 0 Å². The predicted octanol–water partition coefficient (Wildman–Crippen LogP) is 0.309. The Balaban J connectivity index is 1.87. The number of carbonyl (C=O) groups excluding carboxylic acids is 1. The summed E-state index contributed by atoms with van der Waals surface area (Å²) in [5, 5.41) is 22.6. The molecule has 0 fully saturated rings. The molecular formula is C8H7N7O5. The van der Waals surface area contributed by atoms with Crippen LogP contribution >= 0.6 is 0 Å². The molecule has 12 heteroatoms. The predicted molar refractivity (Wildman–Crippen MR) is 63.8 cm³/mol. The number of nitrogens with zero attached hydrogens (tertiary/aromatic N) is 4. The van der Waals surface area contributed by atoms with Gasteiger partial charge in [0, 0.05) is 0 Å². The highest BCUT2D eigenvalue weighted by Crippen LogP contribution is 2.13. The first-order chi connectivity index (χ1) is 9.56. The Kier molecular flexibility index (Phi) is 3.56. The summed E-state index contributed by atoms with van der Waals surface area (Å²) in [6.45, 7) is 0. The number of furan rings is 1. The monoisotopic (exact) mass is 281 g/mol. The van der Waals surface area contributed by atoms with Crippen LogP contribution in [0.4, 0.5) is 22.3 Å². The largest absolute Gasteiger partial charge is 0.433 e. The molecule has 20 heavy (non-hydrogen) atoms. The number of anilines is 2. The molecule has 2 aromatic heterocycles. The third-order valence-electron chi connectivity index (χ3n) is 1.90. The molecule has 0 spiro atoms. The molecule has 0 unspecified atom stereocenters. The van der Waals surface area contributed by atoms with Gasteiger partial charge in [-0.15, -0.1) is 0 Å². The second-order valence-electron chi connectivity index (χ2n) is 3.26. The van der Waals surface area contributed by atoms with E-state index >= 15 is 0 Å². The average molecular weight is 281 g/mol. The van der Waals surface area contributed by atoms with Gasteiger partial charge in [-0.3, -0.25) is 15.4 Å². The van der Waals surface area contributed by atoms with Crippen molar-refractivity contribution >= 4 is 29.8 Å². The molecule has 0 saturated heterocycles. The first kappa shape index (κ1) is 13.0. The molecule has 0 aliphatic carbocycles. The number of nitrogen functional groups attached to an aromatic ring is 1. The summed E-state index contributed by atoms with van der Waals surface area (Å²) in [5.41, 5.74) is 7.37. The minimum absolute atomic E-state index is 0.0636. The highest BCUT2D eigenvalue weighted by Gasteiger charge is 2.11. The van der Waals surface area contributed by atoms with Crippen LogP contribution in [-0.2, 0) is 0 Å². The van der Waals surface area contributed by atoms with Crippen LogP contribution in [0.15, 0.2) is 26.3 Å². The van der Waals surface area contributed by atoms with E-state index in [4.69, 9.17) is 10.2 Å². The van der Waals surface area contributed by atoms with E-state index in [0.29, 0.717) is 0 Å². The van der Waals surface area contributed by atoms with Crippen molar-refractivity contribution in [2.75, 3.05) is 11.1 Å². The zero-order valence-electron chi connectivity index (χ0n) is 9.64. The number of nitrogens with one attached hydrogen (secondary N) is 2. The van der Waals surface area contributed by atoms with E-state index in [1.165, 1.54) is 6.07 Å². The normalized spacial score (nSPS) is 10.6. The van der Waals surface area contributed by atoms with E-state index in [-0.39, 0.29) is 17.4 Å². The summed E-state index contributed by atoms with van der Waals surface area (Å²) in [6, 6.07) is 1.72. The molecule has 2 aromatic rings. The number of hydrazone groups is 1. The second-order valence-corrected chi connectivity index (χ2v) is 3.26. The van der Waals surface area contributed by atoms with Gasteiger partial charge in [0.1, 0.15) is 4.92 Å². The van der Waals surface area contributed by atoms with Crippen LogP contribution in [0.2, 0.25) is 0 Å². The van der Waals surface area contributed by atoms with Gasteiger partial charge in [0.05, 0.1) is 12.3 Å². The smallest absolute Gasteiger partial charge is 0.400 e. The third kappa shape index (κ3) is 3.06. The van der Waals surface area contributed by atoms with Gasteiger partial charge in [-0.25, -0.2) is 14.8 Å². The molecule has 0 aromatic carbocycles. The molecule has 0 bridgehead atoms. The molecule has 0 aliphatic rings. The summed E-state index contributed by atoms with van der Waals surface area (Å²) >= 11 is 0. The Morgan fingerprint density at radius 2 is 2.30 bits per heavy atom. The molecule has 0 aliphatic heterocycles. The van der Waals surface area contributed by atoms with Crippen molar-refractivity contribution in [3.05, 3.63) is 28.0 Å². The summed E-state index contributed by atoms with van der Waals surface area (Å²) in [4.78, 5) is 21.0. The molecule has 0 saturated carbocycles. The lowest BCUT2D eigenvalue weighted by molar-refractivity contribution is -0.402. The first-order valence-electron chi connectivity index (χ1n) is 4.98. The van der Waals surface area contributed by atoms with E-state index in [2.05, 4.69) is 30.8 Å². The lowest BCUT2D eigenvalue weighted by Gasteiger charge is -1.98. The minimum Gasteiger partial charge on any atom is -0.400 e. The molecule has 12 nitrogen and oxygen atoms in total. The SMILES string of the molecule is Nc1nonc1NC(=O)NN=Cc1ccc([N+](=O)[O-])o1. The van der Waals surface area contributed by atoms with E-state index in [1.807, 2.05) is 0 Å². The maximum absolute atomic E-state index is 11.3. The fourth-order valence-corrected chi connectivity index (χ4v) is 1.08. The minimum atomic E-state index is -0.760. The molecule has 0 radical (unpaired) electrons. The van der Waals surface area contributed by atoms with Crippen molar-refractivity contribution in [2.24, 2.45) is 5.10 Å². The molecular weight excluding hydrogens is 274 g/mol. The molecule has 2 rings (SSSR count). The highest BCUT2D eigenvalue weighted by atomic mass is 16.6. The number of nitrogens with two attached hydrogens (primary N) is 1. The standard InChI is InChI=1S/C8H7N7O5/c9-6-7(14-20-13-6)11-8(16)12-10-3-4-1-2-5(19-4)15(17)18/h1-3H,(H2,9,13)(H2,11,12,14,16). The van der Waals surface area contributed by atoms with Crippen LogP contribution in [0.1, 0.15) is 5.76 Å². The quantitative estimate of drug-likeness (QED) is 0.407. The van der Waals surface area contributed by atoms with Crippen LogP contribution in [0, 0.1) is 10.1 Å².